The molecule has 4 heavy (non-hydrogen) atoms. The van der Waals surface area contributed by atoms with Crippen LogP contribution >= 0.6 is 0 Å². The second kappa shape index (κ2) is 9.01. The fourth-order valence-corrected chi connectivity index (χ4v) is 0. The Labute approximate surface area is 47.8 Å². The first-order chi connectivity index (χ1) is 1.41. The molecule has 4 heteroatoms. The summed E-state index contributed by atoms with van der Waals surface area (Å²) in [5, 5.41) is 7.07. The molecule has 0 aromatic rings. The van der Waals surface area contributed by atoms with E-state index in [2.05, 4.69) is 4.81 Å². The SMILES string of the molecule is BOO.[NaH]. The van der Waals surface area contributed by atoms with Crippen LogP contribution in [0.25, 0.3) is 0 Å². The van der Waals surface area contributed by atoms with E-state index in [-0.39, 0.29) is 29.6 Å². The van der Waals surface area contributed by atoms with Crippen LogP contribution in [-0.4, -0.2) is 42.9 Å². The van der Waals surface area contributed by atoms with Crippen molar-refractivity contribution in [1.82, 2.24) is 0 Å². The van der Waals surface area contributed by atoms with Gasteiger partial charge in [-0.1, -0.05) is 0 Å². The molecule has 0 radical (unpaired) electrons. The molecule has 0 fully saturated rings. The van der Waals surface area contributed by atoms with Crippen molar-refractivity contribution < 1.29 is 10.1 Å². The summed E-state index contributed by atoms with van der Waals surface area (Å²) in [5.74, 6) is 0. The van der Waals surface area contributed by atoms with Gasteiger partial charge in [0, 0.05) is 0 Å². The molecule has 0 spiro atoms. The standard InChI is InChI=1S/BH3O2.Na.H/c1-3-2;;/h2H,1H2;;. The molecule has 0 aliphatic carbocycles. The third-order valence-electron chi connectivity index (χ3n) is 0. The molecule has 0 aromatic carbocycles. The summed E-state index contributed by atoms with van der Waals surface area (Å²) >= 11 is 0. The molecule has 20 valence electrons. The molecule has 1 N–H and O–H groups in total. The summed E-state index contributed by atoms with van der Waals surface area (Å²) < 4.78 is 0. The molecule has 0 bridgehead atoms. The predicted octanol–water partition coefficient (Wildman–Crippen LogP) is -1.62. The van der Waals surface area contributed by atoms with Gasteiger partial charge in [0.15, 0.2) is 0 Å². The molecule has 0 unspecified atom stereocenters. The first-order valence-corrected chi connectivity index (χ1v) is 0.591. The zero-order valence-corrected chi connectivity index (χ0v) is 1.86. The fourth-order valence-electron chi connectivity index (χ4n) is 0. The molecule has 0 aliphatic rings. The molecule has 0 aromatic heterocycles. The van der Waals surface area contributed by atoms with Crippen LogP contribution in [0.2, 0.25) is 0 Å². The van der Waals surface area contributed by atoms with Crippen molar-refractivity contribution in [1.29, 1.82) is 0 Å². The Bertz CT molecular complexity index is 6.00. The van der Waals surface area contributed by atoms with E-state index in [0.29, 0.717) is 0 Å². The Hall–Kier alpha value is 0.985. The van der Waals surface area contributed by atoms with Gasteiger partial charge in [-0.3, -0.25) is 5.26 Å². The monoisotopic (exact) mass is 70.0 g/mol. The van der Waals surface area contributed by atoms with E-state index >= 15 is 0 Å². The van der Waals surface area contributed by atoms with E-state index in [1.807, 2.05) is 0 Å². The van der Waals surface area contributed by atoms with Crippen LogP contribution in [0.4, 0.5) is 0 Å². The Morgan fingerprint density at radius 3 is 1.75 bits per heavy atom. The fraction of sp³-hybridized carbons (Fsp3) is 0. The molecular formula is H4BNaO2. The van der Waals surface area contributed by atoms with Gasteiger partial charge in [0.2, 0.25) is 0 Å². The molecule has 0 heterocycles. The van der Waals surface area contributed by atoms with Crippen LogP contribution in [0, 0.1) is 0 Å². The molecule has 2 nitrogen and oxygen atoms in total. The Morgan fingerprint density at radius 2 is 1.75 bits per heavy atom. The molecule has 0 amide bonds. The van der Waals surface area contributed by atoms with Crippen molar-refractivity contribution in [2.45, 2.75) is 0 Å². The van der Waals surface area contributed by atoms with Crippen molar-refractivity contribution in [2.24, 2.45) is 0 Å². The zero-order valence-electron chi connectivity index (χ0n) is 1.86. The zero-order chi connectivity index (χ0) is 2.71. The number of rotatable bonds is 0. The third-order valence-corrected chi connectivity index (χ3v) is 0. The normalized spacial score (nSPS) is 4.25. The van der Waals surface area contributed by atoms with Gasteiger partial charge in [0.05, 0.1) is 0 Å². The van der Waals surface area contributed by atoms with Crippen molar-refractivity contribution in [3.63, 3.8) is 0 Å². The summed E-state index contributed by atoms with van der Waals surface area (Å²) in [6, 6.07) is 0. The molecule has 0 aliphatic heterocycles. The maximum absolute atomic E-state index is 7.07. The second-order valence-corrected chi connectivity index (χ2v) is 0.183. The van der Waals surface area contributed by atoms with Crippen molar-refractivity contribution in [3.05, 3.63) is 0 Å². The van der Waals surface area contributed by atoms with E-state index in [0.717, 1.165) is 0 Å². The minimum absolute atomic E-state index is 0. The van der Waals surface area contributed by atoms with Crippen LogP contribution in [0.1, 0.15) is 0 Å². The van der Waals surface area contributed by atoms with E-state index in [9.17, 15) is 0 Å². The van der Waals surface area contributed by atoms with Crippen LogP contribution < -0.4 is 0 Å². The van der Waals surface area contributed by atoms with Gasteiger partial charge in [-0.2, -0.15) is 0 Å². The molecular weight excluding hydrogens is 65.8 g/mol. The van der Waals surface area contributed by atoms with Gasteiger partial charge in [-0.15, -0.1) is 0 Å². The maximum atomic E-state index is 7.07. The van der Waals surface area contributed by atoms with Crippen molar-refractivity contribution in [3.8, 4) is 0 Å². The summed E-state index contributed by atoms with van der Waals surface area (Å²) in [6.07, 6.45) is 0. The van der Waals surface area contributed by atoms with E-state index in [1.165, 1.54) is 8.05 Å². The molecule has 0 atom stereocenters. The molecule has 0 saturated heterocycles. The summed E-state index contributed by atoms with van der Waals surface area (Å²) in [7, 11) is 1.18. The summed E-state index contributed by atoms with van der Waals surface area (Å²) in [4.78, 5) is 3.25. The first kappa shape index (κ1) is 8.88. The van der Waals surface area contributed by atoms with Gasteiger partial charge in [-0.05, 0) is 0 Å². The van der Waals surface area contributed by atoms with Gasteiger partial charge >= 0.3 is 37.6 Å². The number of hydrogen-bond acceptors (Lipinski definition) is 2. The van der Waals surface area contributed by atoms with Crippen molar-refractivity contribution in [2.75, 3.05) is 0 Å². The van der Waals surface area contributed by atoms with Crippen LogP contribution in [0.5, 0.6) is 0 Å². The van der Waals surface area contributed by atoms with Crippen molar-refractivity contribution >= 4 is 37.6 Å². The second-order valence-electron chi connectivity index (χ2n) is 0.183. The summed E-state index contributed by atoms with van der Waals surface area (Å²) in [5.41, 5.74) is 0. The minimum atomic E-state index is 0. The predicted molar refractivity (Wildman–Crippen MR) is 19.4 cm³/mol. The Balaban J connectivity index is 0. The van der Waals surface area contributed by atoms with Gasteiger partial charge in [-0.25, -0.2) is 0 Å². The first-order valence-electron chi connectivity index (χ1n) is 0.591. The number of hydrogen-bond donors (Lipinski definition) is 1. The van der Waals surface area contributed by atoms with Crippen LogP contribution in [-0.2, 0) is 4.81 Å². The quantitative estimate of drug-likeness (QED) is 0.211. The van der Waals surface area contributed by atoms with Crippen LogP contribution in [0.3, 0.4) is 0 Å². The van der Waals surface area contributed by atoms with E-state index < -0.39 is 0 Å². The average molecular weight is 69.8 g/mol. The average Bonchev–Trinajstić information content (AvgIpc) is 0.918. The molecule has 0 saturated carbocycles. The van der Waals surface area contributed by atoms with Gasteiger partial charge in [0.1, 0.15) is 0 Å². The summed E-state index contributed by atoms with van der Waals surface area (Å²) in [6.45, 7) is 0. The van der Waals surface area contributed by atoms with Gasteiger partial charge in [0.25, 0.3) is 0 Å². The Morgan fingerprint density at radius 1 is 1.75 bits per heavy atom. The Kier molecular flexibility index (Phi) is 20.0. The van der Waals surface area contributed by atoms with E-state index in [1.54, 1.807) is 0 Å². The topological polar surface area (TPSA) is 29.5 Å². The van der Waals surface area contributed by atoms with Gasteiger partial charge < -0.3 is 4.81 Å². The third kappa shape index (κ3) is 12.1. The van der Waals surface area contributed by atoms with Crippen LogP contribution in [0.15, 0.2) is 0 Å². The van der Waals surface area contributed by atoms with E-state index in [4.69, 9.17) is 5.26 Å². The molecule has 0 rings (SSSR count).